The summed E-state index contributed by atoms with van der Waals surface area (Å²) < 4.78 is 3.53. The number of halogens is 1. The minimum atomic E-state index is -0.393. The predicted molar refractivity (Wildman–Crippen MR) is 132 cm³/mol. The molecule has 34 heavy (non-hydrogen) atoms. The lowest BCUT2D eigenvalue weighted by atomic mass is 10.0. The summed E-state index contributed by atoms with van der Waals surface area (Å²) >= 11 is 6.18. The summed E-state index contributed by atoms with van der Waals surface area (Å²) in [4.78, 5) is 26.6. The van der Waals surface area contributed by atoms with E-state index in [9.17, 15) is 9.59 Å². The maximum Gasteiger partial charge on any atom is 0.261 e. The third kappa shape index (κ3) is 4.14. The van der Waals surface area contributed by atoms with Crippen molar-refractivity contribution in [3.8, 4) is 11.5 Å². The normalized spacial score (nSPS) is 10.7. The Hall–Kier alpha value is -4.42. The van der Waals surface area contributed by atoms with Gasteiger partial charge in [0.05, 0.1) is 17.6 Å². The van der Waals surface area contributed by atoms with Crippen LogP contribution in [0, 0.1) is 0 Å². The van der Waals surface area contributed by atoms with Crippen LogP contribution in [0.15, 0.2) is 110 Å². The molecule has 166 valence electrons. The Morgan fingerprint density at radius 2 is 1.47 bits per heavy atom. The third-order valence-corrected chi connectivity index (χ3v) is 5.58. The number of ketones is 1. The van der Waals surface area contributed by atoms with Crippen molar-refractivity contribution in [1.82, 2.24) is 14.3 Å². The van der Waals surface area contributed by atoms with Gasteiger partial charge in [-0.15, -0.1) is 0 Å². The van der Waals surface area contributed by atoms with Crippen LogP contribution in [0.2, 0.25) is 5.02 Å². The molecule has 0 fully saturated rings. The SMILES string of the molecule is O=C(c1ccccc1)c1cc(Cl)ccc1NC(=O)c1cnn(-c2ccccc2)c1-n1cccc1. The Balaban J connectivity index is 1.54. The molecule has 1 amide bonds. The molecule has 2 heterocycles. The highest BCUT2D eigenvalue weighted by atomic mass is 35.5. The van der Waals surface area contributed by atoms with E-state index >= 15 is 0 Å². The average Bonchev–Trinajstić information content (AvgIpc) is 3.56. The Labute approximate surface area is 201 Å². The molecule has 0 radical (unpaired) electrons. The number of hydrogen-bond acceptors (Lipinski definition) is 3. The fourth-order valence-corrected chi connectivity index (χ4v) is 3.90. The number of rotatable bonds is 6. The average molecular weight is 467 g/mol. The number of carbonyl (C=O) groups is 2. The summed E-state index contributed by atoms with van der Waals surface area (Å²) in [7, 11) is 0. The molecule has 5 rings (SSSR count). The second-order valence-electron chi connectivity index (χ2n) is 7.56. The lowest BCUT2D eigenvalue weighted by Crippen LogP contribution is -2.17. The number of amides is 1. The Morgan fingerprint density at radius 1 is 0.794 bits per heavy atom. The molecule has 0 bridgehead atoms. The van der Waals surface area contributed by atoms with Crippen LogP contribution in [0.4, 0.5) is 5.69 Å². The first kappa shape index (κ1) is 21.4. The molecule has 0 saturated carbocycles. The highest BCUT2D eigenvalue weighted by Crippen LogP contribution is 2.26. The second kappa shape index (κ2) is 9.21. The van der Waals surface area contributed by atoms with Crippen LogP contribution in [0.5, 0.6) is 0 Å². The summed E-state index contributed by atoms with van der Waals surface area (Å²) in [6, 6.07) is 27.0. The molecule has 0 aliphatic heterocycles. The monoisotopic (exact) mass is 466 g/mol. The van der Waals surface area contributed by atoms with Crippen LogP contribution in [0.25, 0.3) is 11.5 Å². The van der Waals surface area contributed by atoms with Gasteiger partial charge in [0.25, 0.3) is 5.91 Å². The summed E-state index contributed by atoms with van der Waals surface area (Å²) in [6.45, 7) is 0. The molecule has 1 N–H and O–H groups in total. The lowest BCUT2D eigenvalue weighted by Gasteiger charge is -2.13. The van der Waals surface area contributed by atoms with Crippen molar-refractivity contribution in [3.05, 3.63) is 131 Å². The maximum absolute atomic E-state index is 13.4. The zero-order valence-corrected chi connectivity index (χ0v) is 18.7. The van der Waals surface area contributed by atoms with E-state index in [-0.39, 0.29) is 5.78 Å². The van der Waals surface area contributed by atoms with Crippen LogP contribution < -0.4 is 5.32 Å². The first-order valence-corrected chi connectivity index (χ1v) is 11.0. The fourth-order valence-electron chi connectivity index (χ4n) is 3.73. The van der Waals surface area contributed by atoms with Gasteiger partial charge in [-0.25, -0.2) is 4.68 Å². The van der Waals surface area contributed by atoms with E-state index in [2.05, 4.69) is 10.4 Å². The van der Waals surface area contributed by atoms with E-state index in [0.717, 1.165) is 5.69 Å². The van der Waals surface area contributed by atoms with Crippen molar-refractivity contribution in [2.75, 3.05) is 5.32 Å². The standard InChI is InChI=1S/C27H19ClN4O2/c28-20-13-14-24(22(17-20)25(33)19-9-3-1-4-10-19)30-26(34)23-18-29-32(21-11-5-2-6-12-21)27(23)31-15-7-8-16-31/h1-18H,(H,30,34). The number of nitrogens with one attached hydrogen (secondary N) is 1. The number of benzene rings is 3. The van der Waals surface area contributed by atoms with Gasteiger partial charge in [0, 0.05) is 28.5 Å². The van der Waals surface area contributed by atoms with Crippen LogP contribution in [-0.4, -0.2) is 26.0 Å². The maximum atomic E-state index is 13.4. The zero-order valence-electron chi connectivity index (χ0n) is 17.9. The largest absolute Gasteiger partial charge is 0.321 e. The van der Waals surface area contributed by atoms with E-state index in [1.807, 2.05) is 65.5 Å². The van der Waals surface area contributed by atoms with E-state index in [4.69, 9.17) is 11.6 Å². The molecule has 7 heteroatoms. The van der Waals surface area contributed by atoms with Crippen molar-refractivity contribution in [3.63, 3.8) is 0 Å². The fraction of sp³-hybridized carbons (Fsp3) is 0. The third-order valence-electron chi connectivity index (χ3n) is 5.35. The zero-order chi connectivity index (χ0) is 23.5. The van der Waals surface area contributed by atoms with Gasteiger partial charge < -0.3 is 9.88 Å². The Bertz CT molecular complexity index is 1460. The first-order valence-electron chi connectivity index (χ1n) is 10.6. The number of carbonyl (C=O) groups excluding carboxylic acids is 2. The molecule has 0 aliphatic rings. The van der Waals surface area contributed by atoms with Gasteiger partial charge >= 0.3 is 0 Å². The molecule has 5 aromatic rings. The number of anilines is 1. The van der Waals surface area contributed by atoms with Gasteiger partial charge in [0.2, 0.25) is 0 Å². The topological polar surface area (TPSA) is 68.9 Å². The van der Waals surface area contributed by atoms with Crippen LogP contribution in [-0.2, 0) is 0 Å². The van der Waals surface area contributed by atoms with Gasteiger partial charge in [0.15, 0.2) is 11.6 Å². The minimum absolute atomic E-state index is 0.232. The Kier molecular flexibility index (Phi) is 5.81. The molecule has 0 unspecified atom stereocenters. The van der Waals surface area contributed by atoms with Crippen molar-refractivity contribution < 1.29 is 9.59 Å². The van der Waals surface area contributed by atoms with Crippen molar-refractivity contribution in [2.24, 2.45) is 0 Å². The van der Waals surface area contributed by atoms with Crippen LogP contribution in [0.1, 0.15) is 26.3 Å². The highest BCUT2D eigenvalue weighted by molar-refractivity contribution is 6.31. The van der Waals surface area contributed by atoms with E-state index in [1.165, 1.54) is 6.20 Å². The smallest absolute Gasteiger partial charge is 0.261 e. The van der Waals surface area contributed by atoms with Gasteiger partial charge in [-0.2, -0.15) is 5.10 Å². The van der Waals surface area contributed by atoms with Crippen molar-refractivity contribution in [1.29, 1.82) is 0 Å². The van der Waals surface area contributed by atoms with Gasteiger partial charge in [-0.3, -0.25) is 9.59 Å². The molecule has 0 spiro atoms. The number of aromatic nitrogens is 3. The minimum Gasteiger partial charge on any atom is -0.321 e. The van der Waals surface area contributed by atoms with Crippen molar-refractivity contribution in [2.45, 2.75) is 0 Å². The number of nitrogens with zero attached hydrogens (tertiary/aromatic N) is 3. The van der Waals surface area contributed by atoms with E-state index in [1.54, 1.807) is 47.1 Å². The molecule has 2 aromatic heterocycles. The summed E-state index contributed by atoms with van der Waals surface area (Å²) in [6.07, 6.45) is 5.21. The van der Waals surface area contributed by atoms with Crippen LogP contribution >= 0.6 is 11.6 Å². The summed E-state index contributed by atoms with van der Waals surface area (Å²) in [5.74, 6) is -0.0436. The number of hydrogen-bond donors (Lipinski definition) is 1. The van der Waals surface area contributed by atoms with Crippen LogP contribution in [0.3, 0.4) is 0 Å². The van der Waals surface area contributed by atoms with Crippen molar-refractivity contribution >= 4 is 29.0 Å². The van der Waals surface area contributed by atoms with E-state index < -0.39 is 5.91 Å². The van der Waals surface area contributed by atoms with Gasteiger partial charge in [-0.05, 0) is 42.5 Å². The summed E-state index contributed by atoms with van der Waals surface area (Å²) in [5.41, 5.74) is 2.36. The van der Waals surface area contributed by atoms with E-state index in [0.29, 0.717) is 33.2 Å². The second-order valence-corrected chi connectivity index (χ2v) is 8.00. The molecule has 0 atom stereocenters. The lowest BCUT2D eigenvalue weighted by molar-refractivity contribution is 0.102. The first-order chi connectivity index (χ1) is 16.6. The number of para-hydroxylation sites is 1. The quantitative estimate of drug-likeness (QED) is 0.321. The van der Waals surface area contributed by atoms with Gasteiger partial charge in [0.1, 0.15) is 5.56 Å². The molecule has 0 saturated heterocycles. The summed E-state index contributed by atoms with van der Waals surface area (Å²) in [5, 5.41) is 7.76. The molecule has 0 aliphatic carbocycles. The molecule has 3 aromatic carbocycles. The molecular formula is C27H19ClN4O2. The molecule has 6 nitrogen and oxygen atoms in total. The molecular weight excluding hydrogens is 448 g/mol. The highest BCUT2D eigenvalue weighted by Gasteiger charge is 2.22. The van der Waals surface area contributed by atoms with Gasteiger partial charge in [-0.1, -0.05) is 60.1 Å². The Morgan fingerprint density at radius 3 is 2.18 bits per heavy atom. The predicted octanol–water partition coefficient (Wildman–Crippen LogP) is 5.80.